The molecule has 9 heteroatoms. The molecule has 1 atom stereocenters. The second-order valence-corrected chi connectivity index (χ2v) is 6.75. The van der Waals surface area contributed by atoms with Crippen molar-refractivity contribution in [3.05, 3.63) is 51.6 Å². The highest BCUT2D eigenvalue weighted by atomic mass is 16.6. The Morgan fingerprint density at radius 2 is 2.22 bits per heavy atom. The number of carbonyl (C=O) groups excluding carboxylic acids is 1. The van der Waals surface area contributed by atoms with Gasteiger partial charge in [-0.25, -0.2) is 0 Å². The fourth-order valence-electron chi connectivity index (χ4n) is 3.59. The summed E-state index contributed by atoms with van der Waals surface area (Å²) in [6, 6.07) is 5.54. The second kappa shape index (κ2) is 8.26. The lowest BCUT2D eigenvalue weighted by molar-refractivity contribution is -0.385. The number of aromatic nitrogens is 3. The third-order valence-corrected chi connectivity index (χ3v) is 4.88. The fourth-order valence-corrected chi connectivity index (χ4v) is 3.59. The number of pyridine rings is 1. The van der Waals surface area contributed by atoms with Crippen molar-refractivity contribution in [2.24, 2.45) is 7.05 Å². The van der Waals surface area contributed by atoms with Gasteiger partial charge in [-0.15, -0.1) is 0 Å². The van der Waals surface area contributed by atoms with Gasteiger partial charge in [0.1, 0.15) is 5.69 Å². The standard InChI is InChI=1S/C18H24N6O3/c1-13-16(24(26)27)17(22(2)21-13)18(25)23(12-14-6-3-4-10-20-14)15-7-5-9-19-11-8-15/h3-4,6,10,15,19H,5,7-9,11-12H2,1-2H3. The Balaban J connectivity index is 1.99. The summed E-state index contributed by atoms with van der Waals surface area (Å²) in [5.41, 5.74) is 0.793. The zero-order valence-corrected chi connectivity index (χ0v) is 15.6. The third-order valence-electron chi connectivity index (χ3n) is 4.88. The lowest BCUT2D eigenvalue weighted by Gasteiger charge is -2.30. The van der Waals surface area contributed by atoms with Crippen LogP contribution >= 0.6 is 0 Å². The first-order chi connectivity index (χ1) is 13.0. The summed E-state index contributed by atoms with van der Waals surface area (Å²) in [7, 11) is 1.57. The Morgan fingerprint density at radius 3 is 2.93 bits per heavy atom. The average Bonchev–Trinajstić information content (AvgIpc) is 2.81. The van der Waals surface area contributed by atoms with Gasteiger partial charge >= 0.3 is 5.69 Å². The van der Waals surface area contributed by atoms with Gasteiger partial charge in [-0.2, -0.15) is 5.10 Å². The van der Waals surface area contributed by atoms with E-state index >= 15 is 0 Å². The molecule has 2 aromatic rings. The van der Waals surface area contributed by atoms with E-state index in [2.05, 4.69) is 15.4 Å². The van der Waals surface area contributed by atoms with E-state index in [1.54, 1.807) is 25.1 Å². The molecule has 3 heterocycles. The van der Waals surface area contributed by atoms with Crippen LogP contribution in [0.2, 0.25) is 0 Å². The summed E-state index contributed by atoms with van der Waals surface area (Å²) in [5.74, 6) is -0.373. The normalized spacial score (nSPS) is 17.3. The molecule has 0 aliphatic carbocycles. The minimum absolute atomic E-state index is 0.00989. The SMILES string of the molecule is Cc1nn(C)c(C(=O)N(Cc2ccccn2)C2CCCNCC2)c1[N+](=O)[O-]. The van der Waals surface area contributed by atoms with Crippen LogP contribution in [0.5, 0.6) is 0 Å². The van der Waals surface area contributed by atoms with Gasteiger partial charge < -0.3 is 10.2 Å². The van der Waals surface area contributed by atoms with Crippen LogP contribution in [-0.4, -0.2) is 49.6 Å². The summed E-state index contributed by atoms with van der Waals surface area (Å²) in [4.78, 5) is 30.5. The molecule has 1 unspecified atom stereocenters. The van der Waals surface area contributed by atoms with E-state index in [1.165, 1.54) is 4.68 Å². The summed E-state index contributed by atoms with van der Waals surface area (Å²) < 4.78 is 1.32. The van der Waals surface area contributed by atoms with Gasteiger partial charge in [0.15, 0.2) is 0 Å². The van der Waals surface area contributed by atoms with E-state index in [0.29, 0.717) is 6.54 Å². The molecule has 1 amide bonds. The Labute approximate surface area is 157 Å². The van der Waals surface area contributed by atoms with Crippen LogP contribution in [0.25, 0.3) is 0 Å². The number of nitrogens with one attached hydrogen (secondary N) is 1. The van der Waals surface area contributed by atoms with Crippen molar-refractivity contribution in [1.82, 2.24) is 25.0 Å². The van der Waals surface area contributed by atoms with E-state index in [0.717, 1.165) is 38.0 Å². The minimum atomic E-state index is -0.525. The molecule has 2 aromatic heterocycles. The summed E-state index contributed by atoms with van der Waals surface area (Å²) in [6.45, 7) is 3.58. The van der Waals surface area contributed by atoms with E-state index < -0.39 is 4.92 Å². The Hall–Kier alpha value is -2.81. The second-order valence-electron chi connectivity index (χ2n) is 6.75. The maximum absolute atomic E-state index is 13.4. The summed E-state index contributed by atoms with van der Waals surface area (Å²) in [5, 5.41) is 19.0. The van der Waals surface area contributed by atoms with Gasteiger partial charge in [0.2, 0.25) is 5.69 Å². The molecular weight excluding hydrogens is 348 g/mol. The van der Waals surface area contributed by atoms with Gasteiger partial charge in [0.05, 0.1) is 17.2 Å². The topological polar surface area (TPSA) is 106 Å². The third kappa shape index (κ3) is 4.13. The highest BCUT2D eigenvalue weighted by Crippen LogP contribution is 2.27. The first kappa shape index (κ1) is 19.0. The van der Waals surface area contributed by atoms with Crippen molar-refractivity contribution < 1.29 is 9.72 Å². The number of hydrogen-bond acceptors (Lipinski definition) is 6. The van der Waals surface area contributed by atoms with Crippen LogP contribution in [0.3, 0.4) is 0 Å². The molecule has 0 bridgehead atoms. The summed E-state index contributed by atoms with van der Waals surface area (Å²) in [6.07, 6.45) is 4.27. The highest BCUT2D eigenvalue weighted by molar-refractivity contribution is 5.97. The van der Waals surface area contributed by atoms with Crippen LogP contribution in [0, 0.1) is 17.0 Å². The quantitative estimate of drug-likeness (QED) is 0.634. The molecular formula is C18H24N6O3. The Bertz CT molecular complexity index is 812. The monoisotopic (exact) mass is 372 g/mol. The lowest BCUT2D eigenvalue weighted by Crippen LogP contribution is -2.41. The molecule has 1 aliphatic heterocycles. The van der Waals surface area contributed by atoms with Crippen molar-refractivity contribution in [2.75, 3.05) is 13.1 Å². The van der Waals surface area contributed by atoms with Crippen LogP contribution < -0.4 is 5.32 Å². The maximum Gasteiger partial charge on any atom is 0.322 e. The number of nitrogens with zero attached hydrogens (tertiary/aromatic N) is 5. The molecule has 9 nitrogen and oxygen atoms in total. The number of nitro groups is 1. The van der Waals surface area contributed by atoms with Crippen molar-refractivity contribution in [2.45, 2.75) is 38.8 Å². The molecule has 0 radical (unpaired) electrons. The predicted octanol–water partition coefficient (Wildman–Crippen LogP) is 1.82. The van der Waals surface area contributed by atoms with Crippen molar-refractivity contribution in [3.63, 3.8) is 0 Å². The summed E-state index contributed by atoms with van der Waals surface area (Å²) >= 11 is 0. The average molecular weight is 372 g/mol. The molecule has 1 fully saturated rings. The number of carbonyl (C=O) groups is 1. The minimum Gasteiger partial charge on any atom is -0.328 e. The van der Waals surface area contributed by atoms with E-state index in [9.17, 15) is 14.9 Å². The van der Waals surface area contributed by atoms with Crippen molar-refractivity contribution in [3.8, 4) is 0 Å². The van der Waals surface area contributed by atoms with Crippen LogP contribution in [0.15, 0.2) is 24.4 Å². The molecule has 27 heavy (non-hydrogen) atoms. The van der Waals surface area contributed by atoms with E-state index in [1.807, 2.05) is 18.2 Å². The Kier molecular flexibility index (Phi) is 5.80. The number of aryl methyl sites for hydroxylation is 2. The van der Waals surface area contributed by atoms with Gasteiger partial charge in [0.25, 0.3) is 5.91 Å². The molecule has 1 saturated heterocycles. The smallest absolute Gasteiger partial charge is 0.322 e. The predicted molar refractivity (Wildman–Crippen MR) is 99.2 cm³/mol. The van der Waals surface area contributed by atoms with E-state index in [4.69, 9.17) is 0 Å². The fraction of sp³-hybridized carbons (Fsp3) is 0.500. The van der Waals surface area contributed by atoms with Crippen molar-refractivity contribution in [1.29, 1.82) is 0 Å². The molecule has 144 valence electrons. The van der Waals surface area contributed by atoms with Crippen molar-refractivity contribution >= 4 is 11.6 Å². The molecule has 1 N–H and O–H groups in total. The number of rotatable bonds is 5. The zero-order valence-electron chi connectivity index (χ0n) is 15.6. The molecule has 0 spiro atoms. The van der Waals surface area contributed by atoms with Crippen LogP contribution in [0.1, 0.15) is 41.1 Å². The first-order valence-electron chi connectivity index (χ1n) is 9.08. The van der Waals surface area contributed by atoms with Crippen LogP contribution in [0.4, 0.5) is 5.69 Å². The molecule has 0 aromatic carbocycles. The first-order valence-corrected chi connectivity index (χ1v) is 9.08. The van der Waals surface area contributed by atoms with Crippen LogP contribution in [-0.2, 0) is 13.6 Å². The lowest BCUT2D eigenvalue weighted by atomic mass is 10.1. The maximum atomic E-state index is 13.4. The van der Waals surface area contributed by atoms with Gasteiger partial charge in [-0.3, -0.25) is 24.6 Å². The molecule has 1 aliphatic rings. The zero-order chi connectivity index (χ0) is 19.4. The Morgan fingerprint density at radius 1 is 1.41 bits per heavy atom. The van der Waals surface area contributed by atoms with Gasteiger partial charge in [-0.05, 0) is 51.4 Å². The molecule has 3 rings (SSSR count). The number of amides is 1. The molecule has 0 saturated carbocycles. The van der Waals surface area contributed by atoms with Gasteiger partial charge in [0, 0.05) is 19.3 Å². The largest absolute Gasteiger partial charge is 0.328 e. The highest BCUT2D eigenvalue weighted by Gasteiger charge is 2.35. The number of hydrogen-bond donors (Lipinski definition) is 1. The van der Waals surface area contributed by atoms with E-state index in [-0.39, 0.29) is 29.0 Å². The van der Waals surface area contributed by atoms with Gasteiger partial charge in [-0.1, -0.05) is 6.07 Å².